The van der Waals surface area contributed by atoms with Gasteiger partial charge in [0.25, 0.3) is 5.91 Å². The van der Waals surface area contributed by atoms with E-state index >= 15 is 0 Å². The smallest absolute Gasteiger partial charge is 0.325 e. The summed E-state index contributed by atoms with van der Waals surface area (Å²) >= 11 is 1.13. The van der Waals surface area contributed by atoms with Crippen LogP contribution in [0.5, 0.6) is 5.75 Å². The Morgan fingerprint density at radius 2 is 1.85 bits per heavy atom. The lowest BCUT2D eigenvalue weighted by atomic mass is 10.1. The van der Waals surface area contributed by atoms with Crippen LogP contribution < -0.4 is 9.54 Å². The molecule has 3 rings (SSSR count). The number of carbonyl (C=O) groups excluding carboxylic acids is 3. The van der Waals surface area contributed by atoms with Crippen molar-refractivity contribution in [2.45, 2.75) is 32.7 Å². The highest BCUT2D eigenvalue weighted by molar-refractivity contribution is 7.92. The molecule has 0 spiro atoms. The molecule has 2 heterocycles. The van der Waals surface area contributed by atoms with E-state index in [-0.39, 0.29) is 11.3 Å². The molecule has 12 heteroatoms. The number of nitrogens with zero attached hydrogens (tertiary/aromatic N) is 3. The lowest BCUT2D eigenvalue weighted by Gasteiger charge is -2.26. The molecule has 0 radical (unpaired) electrons. The molecular formula is C21H27N3O7S2. The number of aromatic nitrogens is 1. The Bertz CT molecular complexity index is 1210. The summed E-state index contributed by atoms with van der Waals surface area (Å²) in [6, 6.07) is 5.22. The minimum atomic E-state index is -3.98. The number of fused-ring (bicyclic) bond motifs is 1. The zero-order chi connectivity index (χ0) is 24.0. The molecule has 1 aromatic carbocycles. The molecule has 1 fully saturated rings. The standard InChI is InChI=1S/C21H27N3O7S2/c1-3-31-15-7-8-16-17(11-15)32-21(24(16)12-20(27)30-2)22-18(25)13-33(28,29)14-19(26)23-9-5-4-6-10-23/h7-8,11H,3-6,9-10,12-14H2,1-2H3. The number of hydrogen-bond acceptors (Lipinski definition) is 8. The first-order valence-electron chi connectivity index (χ1n) is 10.6. The van der Waals surface area contributed by atoms with Crippen LogP contribution in [0.4, 0.5) is 0 Å². The zero-order valence-corrected chi connectivity index (χ0v) is 20.2. The van der Waals surface area contributed by atoms with Gasteiger partial charge in [-0.1, -0.05) is 11.3 Å². The number of amides is 2. The van der Waals surface area contributed by atoms with Crippen LogP contribution in [0, 0.1) is 0 Å². The van der Waals surface area contributed by atoms with E-state index in [9.17, 15) is 22.8 Å². The molecular weight excluding hydrogens is 470 g/mol. The second kappa shape index (κ2) is 10.9. The number of carbonyl (C=O) groups is 3. The number of piperidine rings is 1. The van der Waals surface area contributed by atoms with Crippen LogP contribution in [0.25, 0.3) is 10.2 Å². The predicted molar refractivity (Wildman–Crippen MR) is 123 cm³/mol. The largest absolute Gasteiger partial charge is 0.494 e. The van der Waals surface area contributed by atoms with Gasteiger partial charge in [-0.05, 0) is 44.4 Å². The number of ether oxygens (including phenoxy) is 2. The third kappa shape index (κ3) is 6.64. The number of hydrogen-bond donors (Lipinski definition) is 0. The molecule has 0 bridgehead atoms. The highest BCUT2D eigenvalue weighted by Crippen LogP contribution is 2.23. The van der Waals surface area contributed by atoms with Crippen molar-refractivity contribution in [2.75, 3.05) is 38.3 Å². The quantitative estimate of drug-likeness (QED) is 0.501. The van der Waals surface area contributed by atoms with E-state index in [1.54, 1.807) is 18.2 Å². The Morgan fingerprint density at radius 1 is 1.12 bits per heavy atom. The van der Waals surface area contributed by atoms with Gasteiger partial charge in [0.1, 0.15) is 23.8 Å². The number of likely N-dealkylation sites (tertiary alicyclic amines) is 1. The van der Waals surface area contributed by atoms with Crippen molar-refractivity contribution in [3.05, 3.63) is 23.0 Å². The predicted octanol–water partition coefficient (Wildman–Crippen LogP) is 1.13. The summed E-state index contributed by atoms with van der Waals surface area (Å²) in [5.41, 5.74) is 0.628. The normalized spacial score (nSPS) is 15.0. The van der Waals surface area contributed by atoms with Crippen LogP contribution in [0.2, 0.25) is 0 Å². The summed E-state index contributed by atoms with van der Waals surface area (Å²) in [5.74, 6) is -2.93. The van der Waals surface area contributed by atoms with Gasteiger partial charge < -0.3 is 18.9 Å². The first kappa shape index (κ1) is 24.9. The minimum absolute atomic E-state index is 0.159. The molecule has 1 aromatic heterocycles. The van der Waals surface area contributed by atoms with Crippen molar-refractivity contribution in [1.29, 1.82) is 0 Å². The highest BCUT2D eigenvalue weighted by atomic mass is 32.2. The van der Waals surface area contributed by atoms with Crippen LogP contribution >= 0.6 is 11.3 Å². The Hall–Kier alpha value is -2.73. The maximum Gasteiger partial charge on any atom is 0.325 e. The second-order valence-electron chi connectivity index (χ2n) is 7.59. The van der Waals surface area contributed by atoms with Gasteiger partial charge in [0.15, 0.2) is 14.6 Å². The van der Waals surface area contributed by atoms with Gasteiger partial charge in [0.05, 0.1) is 23.9 Å². The first-order valence-corrected chi connectivity index (χ1v) is 13.2. The van der Waals surface area contributed by atoms with Gasteiger partial charge in [-0.15, -0.1) is 0 Å². The summed E-state index contributed by atoms with van der Waals surface area (Å²) in [7, 11) is -2.74. The van der Waals surface area contributed by atoms with Crippen molar-refractivity contribution in [3.63, 3.8) is 0 Å². The molecule has 2 aromatic rings. The molecule has 0 unspecified atom stereocenters. The molecule has 0 atom stereocenters. The summed E-state index contributed by atoms with van der Waals surface area (Å²) < 4.78 is 37.3. The molecule has 0 saturated carbocycles. The summed E-state index contributed by atoms with van der Waals surface area (Å²) in [5, 5.41) is 0. The van der Waals surface area contributed by atoms with Crippen LogP contribution in [0.3, 0.4) is 0 Å². The monoisotopic (exact) mass is 497 g/mol. The lowest BCUT2D eigenvalue weighted by Crippen LogP contribution is -2.40. The Labute approximate surface area is 195 Å². The van der Waals surface area contributed by atoms with Gasteiger partial charge in [0, 0.05) is 13.1 Å². The highest BCUT2D eigenvalue weighted by Gasteiger charge is 2.25. The average molecular weight is 498 g/mol. The van der Waals surface area contributed by atoms with Crippen LogP contribution in [-0.4, -0.2) is 74.0 Å². The van der Waals surface area contributed by atoms with Crippen molar-refractivity contribution in [1.82, 2.24) is 9.47 Å². The van der Waals surface area contributed by atoms with E-state index < -0.39 is 39.1 Å². The van der Waals surface area contributed by atoms with Crippen LogP contribution in [0.1, 0.15) is 26.2 Å². The molecule has 10 nitrogen and oxygen atoms in total. The van der Waals surface area contributed by atoms with E-state index in [2.05, 4.69) is 4.99 Å². The van der Waals surface area contributed by atoms with E-state index in [1.165, 1.54) is 16.6 Å². The van der Waals surface area contributed by atoms with Crippen molar-refractivity contribution >= 4 is 49.2 Å². The maximum atomic E-state index is 12.5. The molecule has 0 N–H and O–H groups in total. The van der Waals surface area contributed by atoms with Crippen molar-refractivity contribution < 1.29 is 32.3 Å². The minimum Gasteiger partial charge on any atom is -0.494 e. The summed E-state index contributed by atoms with van der Waals surface area (Å²) in [4.78, 5) is 42.4. The van der Waals surface area contributed by atoms with Gasteiger partial charge in [-0.25, -0.2) is 8.42 Å². The number of rotatable bonds is 8. The number of benzene rings is 1. The molecule has 33 heavy (non-hydrogen) atoms. The van der Waals surface area contributed by atoms with E-state index in [0.29, 0.717) is 35.7 Å². The Kier molecular flexibility index (Phi) is 8.25. The van der Waals surface area contributed by atoms with E-state index in [4.69, 9.17) is 9.47 Å². The fraction of sp³-hybridized carbons (Fsp3) is 0.524. The van der Waals surface area contributed by atoms with Gasteiger partial charge in [-0.3, -0.25) is 14.4 Å². The number of thiazole rings is 1. The van der Waals surface area contributed by atoms with E-state index in [1.807, 2.05) is 6.92 Å². The molecule has 2 amide bonds. The van der Waals surface area contributed by atoms with Gasteiger partial charge in [0.2, 0.25) is 5.91 Å². The Balaban J connectivity index is 1.85. The maximum absolute atomic E-state index is 12.5. The van der Waals surface area contributed by atoms with Gasteiger partial charge in [-0.2, -0.15) is 4.99 Å². The first-order chi connectivity index (χ1) is 15.7. The fourth-order valence-electron chi connectivity index (χ4n) is 3.54. The van der Waals surface area contributed by atoms with Crippen molar-refractivity contribution in [2.24, 2.45) is 4.99 Å². The van der Waals surface area contributed by atoms with Crippen molar-refractivity contribution in [3.8, 4) is 5.75 Å². The summed E-state index contributed by atoms with van der Waals surface area (Å²) in [6.45, 7) is 3.20. The molecule has 180 valence electrons. The third-order valence-electron chi connectivity index (χ3n) is 5.10. The van der Waals surface area contributed by atoms with Crippen LogP contribution in [0.15, 0.2) is 23.2 Å². The molecule has 0 aliphatic carbocycles. The topological polar surface area (TPSA) is 124 Å². The number of methoxy groups -OCH3 is 1. The Morgan fingerprint density at radius 3 is 2.52 bits per heavy atom. The zero-order valence-electron chi connectivity index (χ0n) is 18.6. The fourth-order valence-corrected chi connectivity index (χ4v) is 5.72. The number of esters is 1. The van der Waals surface area contributed by atoms with Crippen LogP contribution in [-0.2, 0) is 35.5 Å². The molecule has 1 saturated heterocycles. The summed E-state index contributed by atoms with van der Waals surface area (Å²) in [6.07, 6.45) is 2.70. The number of sulfone groups is 1. The SMILES string of the molecule is CCOc1ccc2c(c1)sc(=NC(=O)CS(=O)(=O)CC(=O)N1CCCCC1)n2CC(=O)OC. The second-order valence-corrected chi connectivity index (χ2v) is 10.7. The lowest BCUT2D eigenvalue weighted by molar-refractivity contribution is -0.141. The molecule has 1 aliphatic heterocycles. The average Bonchev–Trinajstić information content (AvgIpc) is 3.09. The molecule has 1 aliphatic rings. The van der Waals surface area contributed by atoms with Gasteiger partial charge >= 0.3 is 5.97 Å². The van der Waals surface area contributed by atoms with E-state index in [0.717, 1.165) is 30.6 Å². The third-order valence-corrected chi connectivity index (χ3v) is 7.51.